The fraction of sp³-hybridized carbons (Fsp3) is 0.286. The minimum atomic E-state index is -0.0721. The summed E-state index contributed by atoms with van der Waals surface area (Å²) in [6, 6.07) is 23.2. The van der Waals surface area contributed by atoms with Crippen molar-refractivity contribution in [3.8, 4) is 23.1 Å². The molecule has 0 atom stereocenters. The van der Waals surface area contributed by atoms with E-state index in [2.05, 4.69) is 46.8 Å². The number of aryl methyl sites for hydroxylation is 2. The van der Waals surface area contributed by atoms with Gasteiger partial charge in [-0.25, -0.2) is 4.98 Å². The van der Waals surface area contributed by atoms with Gasteiger partial charge in [-0.1, -0.05) is 54.1 Å². The predicted octanol–water partition coefficient (Wildman–Crippen LogP) is 5.31. The van der Waals surface area contributed by atoms with Crippen molar-refractivity contribution in [3.63, 3.8) is 0 Å². The molecule has 43 heavy (non-hydrogen) atoms. The molecule has 2 N–H and O–H groups in total. The summed E-state index contributed by atoms with van der Waals surface area (Å²) in [6.45, 7) is 5.18. The first kappa shape index (κ1) is 31.1. The molecule has 2 amide bonds. The molecule has 1 heterocycles. The zero-order valence-corrected chi connectivity index (χ0v) is 25.2. The van der Waals surface area contributed by atoms with Gasteiger partial charge < -0.3 is 24.8 Å². The largest absolute Gasteiger partial charge is 0.496 e. The van der Waals surface area contributed by atoms with Crippen molar-refractivity contribution < 1.29 is 23.8 Å². The normalized spacial score (nSPS) is 10.6. The van der Waals surface area contributed by atoms with Crippen LogP contribution in [0.3, 0.4) is 0 Å². The van der Waals surface area contributed by atoms with Gasteiger partial charge in [-0.15, -0.1) is 0 Å². The Morgan fingerprint density at radius 3 is 1.93 bits per heavy atom. The molecule has 3 aromatic carbocycles. The van der Waals surface area contributed by atoms with E-state index in [9.17, 15) is 9.59 Å². The molecule has 8 nitrogen and oxygen atoms in total. The highest BCUT2D eigenvalue weighted by atomic mass is 16.5. The summed E-state index contributed by atoms with van der Waals surface area (Å²) < 4.78 is 16.7. The summed E-state index contributed by atoms with van der Waals surface area (Å²) in [7, 11) is 3.21. The van der Waals surface area contributed by atoms with Crippen molar-refractivity contribution in [3.05, 3.63) is 112 Å². The molecule has 0 bridgehead atoms. The molecule has 0 spiro atoms. The van der Waals surface area contributed by atoms with Crippen LogP contribution >= 0.6 is 0 Å². The lowest BCUT2D eigenvalue weighted by atomic mass is 10.1. The van der Waals surface area contributed by atoms with Gasteiger partial charge in [0.15, 0.2) is 11.5 Å². The van der Waals surface area contributed by atoms with Gasteiger partial charge in [0.05, 0.1) is 27.1 Å². The van der Waals surface area contributed by atoms with Crippen LogP contribution in [0.2, 0.25) is 0 Å². The Kier molecular flexibility index (Phi) is 11.1. The lowest BCUT2D eigenvalue weighted by Crippen LogP contribution is -2.27. The van der Waals surface area contributed by atoms with E-state index in [1.165, 1.54) is 11.1 Å². The summed E-state index contributed by atoms with van der Waals surface area (Å²) in [5, 5.41) is 5.94. The third-order valence-electron chi connectivity index (χ3n) is 6.98. The maximum atomic E-state index is 12.5. The van der Waals surface area contributed by atoms with Crippen molar-refractivity contribution in [2.45, 2.75) is 39.5 Å². The van der Waals surface area contributed by atoms with E-state index in [-0.39, 0.29) is 24.7 Å². The average molecular weight is 582 g/mol. The van der Waals surface area contributed by atoms with E-state index in [4.69, 9.17) is 14.2 Å². The van der Waals surface area contributed by atoms with Gasteiger partial charge in [0.25, 0.3) is 0 Å². The second-order valence-electron chi connectivity index (χ2n) is 10.4. The maximum absolute atomic E-state index is 12.5. The molecule has 4 rings (SSSR count). The van der Waals surface area contributed by atoms with Gasteiger partial charge in [-0.3, -0.25) is 9.59 Å². The number of hydrogen-bond donors (Lipinski definition) is 2. The van der Waals surface area contributed by atoms with Gasteiger partial charge in [0, 0.05) is 25.4 Å². The first-order valence-electron chi connectivity index (χ1n) is 14.3. The number of aromatic nitrogens is 1. The summed E-state index contributed by atoms with van der Waals surface area (Å²) >= 11 is 0. The lowest BCUT2D eigenvalue weighted by molar-refractivity contribution is -0.121. The summed E-state index contributed by atoms with van der Waals surface area (Å²) in [6.07, 6.45) is 3.61. The topological polar surface area (TPSA) is 98.8 Å². The number of amides is 2. The van der Waals surface area contributed by atoms with E-state index >= 15 is 0 Å². The Morgan fingerprint density at radius 1 is 0.674 bits per heavy atom. The average Bonchev–Trinajstić information content (AvgIpc) is 2.99. The molecule has 0 aliphatic carbocycles. The van der Waals surface area contributed by atoms with Crippen LogP contribution in [0.5, 0.6) is 23.1 Å². The van der Waals surface area contributed by atoms with Crippen LogP contribution in [0, 0.1) is 13.8 Å². The molecule has 0 saturated heterocycles. The summed E-state index contributed by atoms with van der Waals surface area (Å²) in [5.74, 6) is 2.09. The molecule has 0 aliphatic heterocycles. The Balaban J connectivity index is 1.23. The highest BCUT2D eigenvalue weighted by Gasteiger charge is 2.12. The smallest absolute Gasteiger partial charge is 0.224 e. The SMILES string of the molecule is COc1ccc(CCNC(=O)Cc2ccc(Oc3ccc(CC(=O)NCCc4cccc(C)c4)cc3OC)nc2)cc1C. The highest BCUT2D eigenvalue weighted by Crippen LogP contribution is 2.32. The molecular formula is C35H39N3O5. The van der Waals surface area contributed by atoms with E-state index in [0.717, 1.165) is 40.8 Å². The fourth-order valence-electron chi connectivity index (χ4n) is 4.75. The molecule has 8 heteroatoms. The van der Waals surface area contributed by atoms with Gasteiger partial charge in [-0.05, 0) is 72.7 Å². The molecule has 4 aromatic rings. The molecule has 1 aromatic heterocycles. The van der Waals surface area contributed by atoms with Crippen LogP contribution in [-0.2, 0) is 35.3 Å². The van der Waals surface area contributed by atoms with Gasteiger partial charge in [-0.2, -0.15) is 0 Å². The quantitative estimate of drug-likeness (QED) is 0.209. The molecule has 0 fully saturated rings. The van der Waals surface area contributed by atoms with Crippen molar-refractivity contribution in [2.24, 2.45) is 0 Å². The lowest BCUT2D eigenvalue weighted by Gasteiger charge is -2.12. The highest BCUT2D eigenvalue weighted by molar-refractivity contribution is 5.79. The van der Waals surface area contributed by atoms with E-state index in [1.807, 2.05) is 37.3 Å². The Hall–Kier alpha value is -4.85. The van der Waals surface area contributed by atoms with Gasteiger partial charge >= 0.3 is 0 Å². The van der Waals surface area contributed by atoms with Crippen molar-refractivity contribution in [2.75, 3.05) is 27.3 Å². The van der Waals surface area contributed by atoms with Crippen LogP contribution in [0.15, 0.2) is 79.0 Å². The number of methoxy groups -OCH3 is 2. The van der Waals surface area contributed by atoms with Crippen LogP contribution in [0.25, 0.3) is 0 Å². The van der Waals surface area contributed by atoms with Crippen molar-refractivity contribution in [1.82, 2.24) is 15.6 Å². The van der Waals surface area contributed by atoms with Crippen molar-refractivity contribution in [1.29, 1.82) is 0 Å². The first-order chi connectivity index (χ1) is 20.8. The van der Waals surface area contributed by atoms with Gasteiger partial charge in [0.1, 0.15) is 5.75 Å². The van der Waals surface area contributed by atoms with Crippen LogP contribution < -0.4 is 24.8 Å². The van der Waals surface area contributed by atoms with E-state index in [1.54, 1.807) is 38.6 Å². The predicted molar refractivity (Wildman–Crippen MR) is 167 cm³/mol. The van der Waals surface area contributed by atoms with Gasteiger partial charge in [0.2, 0.25) is 17.7 Å². The van der Waals surface area contributed by atoms with Crippen LogP contribution in [0.4, 0.5) is 0 Å². The maximum Gasteiger partial charge on any atom is 0.224 e. The first-order valence-corrected chi connectivity index (χ1v) is 14.3. The summed E-state index contributed by atoms with van der Waals surface area (Å²) in [4.78, 5) is 29.3. The number of benzene rings is 3. The molecule has 0 saturated carbocycles. The second-order valence-corrected chi connectivity index (χ2v) is 10.4. The molecule has 0 unspecified atom stereocenters. The monoisotopic (exact) mass is 581 g/mol. The number of carbonyl (C=O) groups excluding carboxylic acids is 2. The van der Waals surface area contributed by atoms with E-state index in [0.29, 0.717) is 30.5 Å². The Bertz CT molecular complexity index is 1540. The number of carbonyl (C=O) groups is 2. The standard InChI is InChI=1S/C35H39N3O5/c1-24-6-5-7-26(18-24)14-16-36-33(39)21-28-9-12-31(32(20-28)42-4)43-35-13-10-29(23-38-35)22-34(40)37-17-15-27-8-11-30(41-3)25(2)19-27/h5-13,18-20,23H,14-17,21-22H2,1-4H3,(H,36,39)(H,37,40). The zero-order chi connectivity index (χ0) is 30.6. The van der Waals surface area contributed by atoms with E-state index < -0.39 is 0 Å². The molecule has 0 radical (unpaired) electrons. The zero-order valence-electron chi connectivity index (χ0n) is 25.2. The number of pyridine rings is 1. The molecule has 0 aliphatic rings. The van der Waals surface area contributed by atoms with Crippen LogP contribution in [-0.4, -0.2) is 44.1 Å². The number of nitrogens with zero attached hydrogens (tertiary/aromatic N) is 1. The number of nitrogens with one attached hydrogen (secondary N) is 2. The van der Waals surface area contributed by atoms with Crippen molar-refractivity contribution >= 4 is 11.8 Å². The molecule has 224 valence electrons. The third-order valence-corrected chi connectivity index (χ3v) is 6.98. The number of ether oxygens (including phenoxy) is 3. The number of rotatable bonds is 14. The Labute approximate surface area is 253 Å². The third kappa shape index (κ3) is 9.60. The fourth-order valence-corrected chi connectivity index (χ4v) is 4.75. The summed E-state index contributed by atoms with van der Waals surface area (Å²) in [5.41, 5.74) is 6.21. The second kappa shape index (κ2) is 15.4. The Morgan fingerprint density at radius 2 is 1.30 bits per heavy atom. The number of hydrogen-bond acceptors (Lipinski definition) is 6. The minimum absolute atomic E-state index is 0.0551. The minimum Gasteiger partial charge on any atom is -0.496 e. The molecular weight excluding hydrogens is 542 g/mol. The van der Waals surface area contributed by atoms with Crippen LogP contribution in [0.1, 0.15) is 33.4 Å².